The van der Waals surface area contributed by atoms with Gasteiger partial charge in [-0.1, -0.05) is 13.5 Å². The zero-order valence-corrected chi connectivity index (χ0v) is 10.9. The van der Waals surface area contributed by atoms with E-state index in [1.165, 1.54) is 18.9 Å². The Morgan fingerprint density at radius 1 is 1.47 bits per heavy atom. The van der Waals surface area contributed by atoms with E-state index in [0.717, 1.165) is 12.1 Å². The van der Waals surface area contributed by atoms with E-state index in [0.29, 0.717) is 29.6 Å². The molecule has 0 spiro atoms. The lowest BCUT2D eigenvalue weighted by Gasteiger charge is -2.31. The molecule has 0 saturated heterocycles. The van der Waals surface area contributed by atoms with E-state index in [4.69, 9.17) is 4.42 Å². The fourth-order valence-electron chi connectivity index (χ4n) is 2.37. The highest BCUT2D eigenvalue weighted by molar-refractivity contribution is 6.03. The van der Waals surface area contributed by atoms with E-state index in [1.807, 2.05) is 11.8 Å². The topological polar surface area (TPSA) is 62.6 Å². The van der Waals surface area contributed by atoms with Gasteiger partial charge in [-0.2, -0.15) is 0 Å². The molecular formula is C14H16N2O3. The molecule has 1 fully saturated rings. The highest BCUT2D eigenvalue weighted by atomic mass is 16.4. The Bertz CT molecular complexity index is 614. The average molecular weight is 260 g/mol. The van der Waals surface area contributed by atoms with E-state index >= 15 is 0 Å². The van der Waals surface area contributed by atoms with Crippen LogP contribution in [0, 0.1) is 5.92 Å². The summed E-state index contributed by atoms with van der Waals surface area (Å²) in [7, 11) is 0. The molecule has 100 valence electrons. The van der Waals surface area contributed by atoms with Gasteiger partial charge in [-0.25, -0.2) is 4.79 Å². The van der Waals surface area contributed by atoms with Gasteiger partial charge in [-0.3, -0.25) is 9.69 Å². The van der Waals surface area contributed by atoms with Crippen molar-refractivity contribution in [1.82, 2.24) is 5.32 Å². The maximum Gasteiger partial charge on any atom is 0.337 e. The molecule has 1 saturated carbocycles. The standard InChI is InChI=1S/C14H16N2O3/c1-3-10-6-11(17)19-14-12(10)13(18)15-8(2)16(14)7-9-4-5-9/h6,9H,2-5,7H2,1H3,(H,15,18). The third-order valence-corrected chi connectivity index (χ3v) is 3.60. The van der Waals surface area contributed by atoms with Crippen LogP contribution in [0.2, 0.25) is 0 Å². The summed E-state index contributed by atoms with van der Waals surface area (Å²) in [6.07, 6.45) is 2.96. The zero-order valence-electron chi connectivity index (χ0n) is 10.9. The van der Waals surface area contributed by atoms with Gasteiger partial charge in [0.2, 0.25) is 5.88 Å². The molecule has 2 heterocycles. The molecule has 19 heavy (non-hydrogen) atoms. The Balaban J connectivity index is 2.13. The Morgan fingerprint density at radius 3 is 2.84 bits per heavy atom. The summed E-state index contributed by atoms with van der Waals surface area (Å²) in [5, 5.41) is 2.74. The molecule has 0 aromatic carbocycles. The maximum absolute atomic E-state index is 12.1. The van der Waals surface area contributed by atoms with Crippen LogP contribution < -0.4 is 15.8 Å². The largest absolute Gasteiger partial charge is 0.405 e. The van der Waals surface area contributed by atoms with Gasteiger partial charge in [-0.05, 0) is 30.7 Å². The lowest BCUT2D eigenvalue weighted by Crippen LogP contribution is -2.42. The molecule has 5 nitrogen and oxygen atoms in total. The summed E-state index contributed by atoms with van der Waals surface area (Å²) in [4.78, 5) is 25.5. The molecule has 1 aliphatic carbocycles. The van der Waals surface area contributed by atoms with Crippen molar-refractivity contribution < 1.29 is 9.21 Å². The first kappa shape index (κ1) is 12.0. The van der Waals surface area contributed by atoms with Crippen molar-refractivity contribution in [1.29, 1.82) is 0 Å². The third-order valence-electron chi connectivity index (χ3n) is 3.60. The Labute approximate surface area is 110 Å². The first-order valence-corrected chi connectivity index (χ1v) is 6.55. The Morgan fingerprint density at radius 2 is 2.21 bits per heavy atom. The van der Waals surface area contributed by atoms with Crippen molar-refractivity contribution in [2.45, 2.75) is 26.2 Å². The predicted octanol–water partition coefficient (Wildman–Crippen LogP) is 1.63. The van der Waals surface area contributed by atoms with Crippen molar-refractivity contribution in [3.05, 3.63) is 40.0 Å². The van der Waals surface area contributed by atoms with Gasteiger partial charge in [0.1, 0.15) is 11.4 Å². The lowest BCUT2D eigenvalue weighted by atomic mass is 10.0. The summed E-state index contributed by atoms with van der Waals surface area (Å²) >= 11 is 0. The van der Waals surface area contributed by atoms with E-state index in [-0.39, 0.29) is 5.91 Å². The quantitative estimate of drug-likeness (QED) is 0.897. The van der Waals surface area contributed by atoms with Crippen molar-refractivity contribution in [2.75, 3.05) is 11.4 Å². The normalized spacial score (nSPS) is 18.3. The number of aryl methyl sites for hydroxylation is 1. The summed E-state index contributed by atoms with van der Waals surface area (Å²) in [6.45, 7) is 6.49. The van der Waals surface area contributed by atoms with Gasteiger partial charge in [0.25, 0.3) is 5.91 Å². The van der Waals surface area contributed by atoms with Gasteiger partial charge < -0.3 is 9.73 Å². The number of rotatable bonds is 3. The highest BCUT2D eigenvalue weighted by Crippen LogP contribution is 2.35. The molecule has 0 unspecified atom stereocenters. The number of carbonyl (C=O) groups is 1. The van der Waals surface area contributed by atoms with Crippen LogP contribution in [0.3, 0.4) is 0 Å². The number of nitrogens with zero attached hydrogens (tertiary/aromatic N) is 1. The fourth-order valence-corrected chi connectivity index (χ4v) is 2.37. The molecule has 1 amide bonds. The molecule has 1 aromatic rings. The number of nitrogens with one attached hydrogen (secondary N) is 1. The third kappa shape index (κ3) is 2.05. The van der Waals surface area contributed by atoms with Crippen LogP contribution in [0.5, 0.6) is 0 Å². The van der Waals surface area contributed by atoms with E-state index in [1.54, 1.807) is 0 Å². The van der Waals surface area contributed by atoms with Crippen molar-refractivity contribution in [3.8, 4) is 0 Å². The van der Waals surface area contributed by atoms with E-state index in [9.17, 15) is 9.59 Å². The molecule has 2 aliphatic rings. The molecule has 0 atom stereocenters. The SMILES string of the molecule is C=C1NC(=O)c2c(CC)cc(=O)oc2N1CC1CC1. The second-order valence-electron chi connectivity index (χ2n) is 5.08. The highest BCUT2D eigenvalue weighted by Gasteiger charge is 2.34. The average Bonchev–Trinajstić information content (AvgIpc) is 3.16. The van der Waals surface area contributed by atoms with Crippen LogP contribution in [0.25, 0.3) is 0 Å². The summed E-state index contributed by atoms with van der Waals surface area (Å²) in [5.74, 6) is 1.19. The smallest absolute Gasteiger partial charge is 0.337 e. The minimum absolute atomic E-state index is 0.243. The van der Waals surface area contributed by atoms with Crippen molar-refractivity contribution >= 4 is 11.8 Å². The van der Waals surface area contributed by atoms with Crippen LogP contribution in [0.15, 0.2) is 27.7 Å². The molecule has 5 heteroatoms. The van der Waals surface area contributed by atoms with Crippen LogP contribution in [0.4, 0.5) is 5.88 Å². The van der Waals surface area contributed by atoms with E-state index < -0.39 is 5.63 Å². The number of hydrogen-bond acceptors (Lipinski definition) is 4. The van der Waals surface area contributed by atoms with Crippen molar-refractivity contribution in [2.24, 2.45) is 5.92 Å². The van der Waals surface area contributed by atoms with Crippen LogP contribution in [0.1, 0.15) is 35.7 Å². The van der Waals surface area contributed by atoms with Crippen LogP contribution in [-0.2, 0) is 6.42 Å². The van der Waals surface area contributed by atoms with Gasteiger partial charge in [0, 0.05) is 12.6 Å². The van der Waals surface area contributed by atoms with Gasteiger partial charge in [0.05, 0.1) is 0 Å². The summed E-state index contributed by atoms with van der Waals surface area (Å²) in [6, 6.07) is 1.39. The maximum atomic E-state index is 12.1. The number of hydrogen-bond donors (Lipinski definition) is 1. The van der Waals surface area contributed by atoms with Gasteiger partial charge in [-0.15, -0.1) is 0 Å². The summed E-state index contributed by atoms with van der Waals surface area (Å²) in [5.41, 5.74) is 0.770. The molecule has 0 bridgehead atoms. The monoisotopic (exact) mass is 260 g/mol. The number of amides is 1. The number of carbonyl (C=O) groups excluding carboxylic acids is 1. The predicted molar refractivity (Wildman–Crippen MR) is 71.0 cm³/mol. The first-order valence-electron chi connectivity index (χ1n) is 6.55. The fraction of sp³-hybridized carbons (Fsp3) is 0.429. The first-order chi connectivity index (χ1) is 9.10. The molecule has 1 aromatic heterocycles. The molecule has 0 radical (unpaired) electrons. The molecule has 1 N–H and O–H groups in total. The molecule has 1 aliphatic heterocycles. The Hall–Kier alpha value is -2.04. The lowest BCUT2D eigenvalue weighted by molar-refractivity contribution is 0.0956. The second kappa shape index (κ2) is 4.26. The minimum atomic E-state index is -0.418. The minimum Gasteiger partial charge on any atom is -0.405 e. The van der Waals surface area contributed by atoms with Crippen LogP contribution >= 0.6 is 0 Å². The zero-order chi connectivity index (χ0) is 13.6. The van der Waals surface area contributed by atoms with Crippen LogP contribution in [-0.4, -0.2) is 12.5 Å². The van der Waals surface area contributed by atoms with Gasteiger partial charge >= 0.3 is 5.63 Å². The molecule has 3 rings (SSSR count). The second-order valence-corrected chi connectivity index (χ2v) is 5.08. The Kier molecular flexibility index (Phi) is 2.69. The van der Waals surface area contributed by atoms with Crippen molar-refractivity contribution in [3.63, 3.8) is 0 Å². The van der Waals surface area contributed by atoms with Gasteiger partial charge in [0.15, 0.2) is 0 Å². The molecular weight excluding hydrogens is 244 g/mol. The number of anilines is 1. The van der Waals surface area contributed by atoms with E-state index in [2.05, 4.69) is 11.9 Å². The number of fused-ring (bicyclic) bond motifs is 1. The summed E-state index contributed by atoms with van der Waals surface area (Å²) < 4.78 is 5.27.